The van der Waals surface area contributed by atoms with Gasteiger partial charge in [0.15, 0.2) is 0 Å². The van der Waals surface area contributed by atoms with Crippen molar-refractivity contribution in [3.8, 4) is 22.2 Å². The van der Waals surface area contributed by atoms with E-state index in [1.807, 2.05) is 24.3 Å². The number of hydrogen-bond donors (Lipinski definition) is 0. The Morgan fingerprint density at radius 2 is 1.87 bits per heavy atom. The Morgan fingerprint density at radius 3 is 2.55 bits per heavy atom. The van der Waals surface area contributed by atoms with E-state index in [2.05, 4.69) is 17.1 Å². The van der Waals surface area contributed by atoms with Gasteiger partial charge in [-0.1, -0.05) is 42.4 Å². The lowest BCUT2D eigenvalue weighted by atomic mass is 10.1. The molecule has 6 nitrogen and oxygen atoms in total. The highest BCUT2D eigenvalue weighted by Gasteiger charge is 2.29. The highest BCUT2D eigenvalue weighted by Crippen LogP contribution is 2.35. The number of aryl methyl sites for hydroxylation is 2. The number of sulfonamides is 1. The van der Waals surface area contributed by atoms with E-state index in [0.717, 1.165) is 16.3 Å². The zero-order valence-corrected chi connectivity index (χ0v) is 18.8. The molecule has 0 aliphatic heterocycles. The van der Waals surface area contributed by atoms with Gasteiger partial charge in [0.1, 0.15) is 15.6 Å². The van der Waals surface area contributed by atoms with Crippen LogP contribution >= 0.6 is 11.3 Å². The third-order valence-corrected chi connectivity index (χ3v) is 7.89. The summed E-state index contributed by atoms with van der Waals surface area (Å²) in [6.07, 6.45) is 0.923. The van der Waals surface area contributed by atoms with Gasteiger partial charge in [0.2, 0.25) is 5.82 Å². The van der Waals surface area contributed by atoms with Gasteiger partial charge in [-0.3, -0.25) is 4.31 Å². The lowest BCUT2D eigenvalue weighted by Gasteiger charge is -2.19. The Bertz CT molecular complexity index is 1330. The molecule has 4 aromatic rings. The Labute approximate surface area is 184 Å². The van der Waals surface area contributed by atoms with Crippen LogP contribution in [0.3, 0.4) is 0 Å². The lowest BCUT2D eigenvalue weighted by molar-refractivity contribution is 0.432. The molecule has 0 spiro atoms. The molecule has 0 fully saturated rings. The first-order valence-electron chi connectivity index (χ1n) is 9.57. The van der Waals surface area contributed by atoms with E-state index < -0.39 is 15.8 Å². The molecule has 4 rings (SSSR count). The fourth-order valence-electron chi connectivity index (χ4n) is 3.04. The molecule has 2 aromatic carbocycles. The van der Waals surface area contributed by atoms with Crippen LogP contribution in [0.4, 0.5) is 10.1 Å². The van der Waals surface area contributed by atoms with E-state index in [0.29, 0.717) is 16.3 Å². The molecule has 0 atom stereocenters. The number of anilines is 1. The van der Waals surface area contributed by atoms with Crippen LogP contribution in [0.2, 0.25) is 0 Å². The van der Waals surface area contributed by atoms with Crippen molar-refractivity contribution in [2.24, 2.45) is 0 Å². The molecule has 0 saturated carbocycles. The number of aromatic nitrogens is 2. The number of hydrogen-bond acceptors (Lipinski definition) is 6. The summed E-state index contributed by atoms with van der Waals surface area (Å²) in [5, 5.41) is 5.65. The van der Waals surface area contributed by atoms with Gasteiger partial charge in [-0.05, 0) is 48.1 Å². The molecule has 160 valence electrons. The molecule has 0 radical (unpaired) electrons. The predicted molar refractivity (Wildman–Crippen MR) is 119 cm³/mol. The molecule has 2 aromatic heterocycles. The van der Waals surface area contributed by atoms with Crippen molar-refractivity contribution < 1.29 is 17.3 Å². The monoisotopic (exact) mass is 457 g/mol. The Balaban J connectivity index is 1.68. The smallest absolute Gasteiger partial charge is 0.269 e. The average molecular weight is 458 g/mol. The maximum atomic E-state index is 14.0. The maximum Gasteiger partial charge on any atom is 0.269 e. The van der Waals surface area contributed by atoms with Crippen molar-refractivity contribution in [2.75, 3.05) is 11.4 Å². The van der Waals surface area contributed by atoms with Gasteiger partial charge >= 0.3 is 0 Å². The fourth-order valence-corrected chi connectivity index (χ4v) is 5.55. The number of nitrogens with zero attached hydrogens (tertiary/aromatic N) is 3. The van der Waals surface area contributed by atoms with Crippen molar-refractivity contribution in [3.63, 3.8) is 0 Å². The van der Waals surface area contributed by atoms with Gasteiger partial charge in [0.25, 0.3) is 15.9 Å². The quantitative estimate of drug-likeness (QED) is 0.393. The Hall–Kier alpha value is -3.04. The number of thiophene rings is 1. The van der Waals surface area contributed by atoms with Gasteiger partial charge in [-0.25, -0.2) is 12.8 Å². The van der Waals surface area contributed by atoms with E-state index in [1.165, 1.54) is 36.1 Å². The van der Waals surface area contributed by atoms with Crippen LogP contribution in [-0.2, 0) is 16.4 Å². The van der Waals surface area contributed by atoms with E-state index >= 15 is 0 Å². The number of benzene rings is 2. The van der Waals surface area contributed by atoms with Crippen LogP contribution in [0.25, 0.3) is 22.2 Å². The zero-order valence-electron chi connectivity index (χ0n) is 17.2. The van der Waals surface area contributed by atoms with Gasteiger partial charge in [0, 0.05) is 12.6 Å². The summed E-state index contributed by atoms with van der Waals surface area (Å²) in [5.74, 6) is 0.0238. The number of halogens is 1. The van der Waals surface area contributed by atoms with Crippen LogP contribution in [0.1, 0.15) is 18.1 Å². The highest BCUT2D eigenvalue weighted by molar-refractivity contribution is 7.93. The fraction of sp³-hybridized carbons (Fsp3) is 0.182. The summed E-state index contributed by atoms with van der Waals surface area (Å²) in [7, 11) is -2.59. The second-order valence-electron chi connectivity index (χ2n) is 6.99. The minimum Gasteiger partial charge on any atom is -0.333 e. The lowest BCUT2D eigenvalue weighted by Crippen LogP contribution is -2.26. The Kier molecular flexibility index (Phi) is 5.63. The van der Waals surface area contributed by atoms with Crippen LogP contribution < -0.4 is 4.31 Å². The van der Waals surface area contributed by atoms with Crippen molar-refractivity contribution in [1.29, 1.82) is 0 Å². The molecule has 31 heavy (non-hydrogen) atoms. The van der Waals surface area contributed by atoms with Gasteiger partial charge < -0.3 is 4.52 Å². The third-order valence-electron chi connectivity index (χ3n) is 5.03. The molecule has 0 aliphatic carbocycles. The summed E-state index contributed by atoms with van der Waals surface area (Å²) in [6.45, 7) is 3.69. The minimum absolute atomic E-state index is 0.0255. The van der Waals surface area contributed by atoms with Crippen LogP contribution in [0.5, 0.6) is 0 Å². The summed E-state index contributed by atoms with van der Waals surface area (Å²) < 4.78 is 46.9. The summed E-state index contributed by atoms with van der Waals surface area (Å²) >= 11 is 1.19. The topological polar surface area (TPSA) is 76.3 Å². The molecule has 0 aliphatic rings. The summed E-state index contributed by atoms with van der Waals surface area (Å²) in [6, 6.07) is 13.6. The molecule has 0 N–H and O–H groups in total. The molecule has 9 heteroatoms. The second-order valence-corrected chi connectivity index (χ2v) is 9.85. The second kappa shape index (κ2) is 8.24. The molecule has 0 unspecified atom stereocenters. The first kappa shape index (κ1) is 21.2. The molecular formula is C22H20FN3O3S2. The van der Waals surface area contributed by atoms with E-state index in [4.69, 9.17) is 4.52 Å². The van der Waals surface area contributed by atoms with E-state index in [1.54, 1.807) is 24.4 Å². The third kappa shape index (κ3) is 3.98. The summed E-state index contributed by atoms with van der Waals surface area (Å²) in [4.78, 5) is 4.76. The summed E-state index contributed by atoms with van der Waals surface area (Å²) in [5.41, 5.74) is 2.63. The van der Waals surface area contributed by atoms with Crippen LogP contribution in [0, 0.1) is 12.7 Å². The van der Waals surface area contributed by atoms with Crippen LogP contribution in [-0.4, -0.2) is 25.6 Å². The first-order chi connectivity index (χ1) is 14.8. The van der Waals surface area contributed by atoms with Crippen molar-refractivity contribution >= 4 is 27.0 Å². The average Bonchev–Trinajstić information content (AvgIpc) is 3.45. The molecule has 0 amide bonds. The Morgan fingerprint density at radius 1 is 1.13 bits per heavy atom. The van der Waals surface area contributed by atoms with Crippen molar-refractivity contribution in [3.05, 3.63) is 70.9 Å². The van der Waals surface area contributed by atoms with Crippen molar-refractivity contribution in [1.82, 2.24) is 10.1 Å². The SMILES string of the molecule is CCc1ccc(-c2noc(-c3sccc3S(=O)(=O)N(C)c3ccc(C)c(F)c3)n2)cc1. The van der Waals surface area contributed by atoms with Gasteiger partial charge in [-0.2, -0.15) is 4.98 Å². The zero-order chi connectivity index (χ0) is 22.2. The molecule has 2 heterocycles. The normalized spacial score (nSPS) is 11.6. The number of rotatable bonds is 6. The van der Waals surface area contributed by atoms with Gasteiger partial charge in [0.05, 0.1) is 5.69 Å². The molecular weight excluding hydrogens is 437 g/mol. The van der Waals surface area contributed by atoms with E-state index in [9.17, 15) is 12.8 Å². The maximum absolute atomic E-state index is 14.0. The molecule has 0 bridgehead atoms. The van der Waals surface area contributed by atoms with Gasteiger partial charge in [-0.15, -0.1) is 11.3 Å². The predicted octanol–water partition coefficient (Wildman–Crippen LogP) is 5.30. The highest BCUT2D eigenvalue weighted by atomic mass is 32.2. The largest absolute Gasteiger partial charge is 0.333 e. The van der Waals surface area contributed by atoms with Crippen LogP contribution in [0.15, 0.2) is 63.3 Å². The van der Waals surface area contributed by atoms with E-state index in [-0.39, 0.29) is 16.5 Å². The molecule has 0 saturated heterocycles. The van der Waals surface area contributed by atoms with Crippen molar-refractivity contribution in [2.45, 2.75) is 25.2 Å². The first-order valence-corrected chi connectivity index (χ1v) is 11.9. The standard InChI is InChI=1S/C22H20FN3O3S2/c1-4-15-6-8-16(9-7-15)21-24-22(29-25-21)20-19(11-12-30-20)31(27,28)26(3)17-10-5-14(2)18(23)13-17/h5-13H,4H2,1-3H3. The minimum atomic E-state index is -3.97.